The standard InChI is InChI=1S/C38H49N5O6S/c1-23-11-9-12-24(2)32(23)30-16-31-41-34(40-30)42-50(46,47)29-14-10-13-25(15-29)33(44)43(28(22-48-31)19-36(3,4)5)27-20-38(21-27)17-26(18-38)39-35(45)49-37(6,7)8/h9-16,26-28H,17-22H2,1-8H3,(H,39,45)(H,40,41,42)/t26?,27?,28-,38?/m1/s1. The molecule has 2 fully saturated rings. The van der Waals surface area contributed by atoms with E-state index >= 15 is 0 Å². The maximum atomic E-state index is 14.6. The molecule has 1 atom stereocenters. The van der Waals surface area contributed by atoms with Crippen molar-refractivity contribution in [1.29, 1.82) is 0 Å². The van der Waals surface area contributed by atoms with Crippen molar-refractivity contribution < 1.29 is 27.5 Å². The Labute approximate surface area is 295 Å². The number of carbonyl (C=O) groups is 2. The topological polar surface area (TPSA) is 140 Å². The number of benzene rings is 2. The lowest BCUT2D eigenvalue weighted by Crippen LogP contribution is -2.64. The van der Waals surface area contributed by atoms with Crippen molar-refractivity contribution in [3.8, 4) is 17.1 Å². The predicted molar refractivity (Wildman–Crippen MR) is 192 cm³/mol. The van der Waals surface area contributed by atoms with Crippen LogP contribution in [0.3, 0.4) is 0 Å². The van der Waals surface area contributed by atoms with Gasteiger partial charge in [0.05, 0.1) is 16.6 Å². The van der Waals surface area contributed by atoms with E-state index < -0.39 is 21.7 Å². The molecular formula is C38H49N5O6S. The molecule has 12 heteroatoms. The maximum Gasteiger partial charge on any atom is 0.407 e. The lowest BCUT2D eigenvalue weighted by atomic mass is 9.51. The van der Waals surface area contributed by atoms with E-state index in [-0.39, 0.29) is 63.8 Å². The number of ether oxygens (including phenoxy) is 2. The van der Waals surface area contributed by atoms with Gasteiger partial charge in [0.15, 0.2) is 0 Å². The van der Waals surface area contributed by atoms with E-state index in [2.05, 4.69) is 40.8 Å². The molecule has 0 saturated heterocycles. The Kier molecular flexibility index (Phi) is 9.16. The number of hydrogen-bond donors (Lipinski definition) is 2. The molecule has 268 valence electrons. The van der Waals surface area contributed by atoms with Gasteiger partial charge in [-0.2, -0.15) is 4.98 Å². The zero-order chi connectivity index (χ0) is 36.2. The van der Waals surface area contributed by atoms with Crippen molar-refractivity contribution in [2.24, 2.45) is 10.8 Å². The first kappa shape index (κ1) is 35.6. The van der Waals surface area contributed by atoms with Crippen molar-refractivity contribution >= 4 is 28.0 Å². The second-order valence-electron chi connectivity index (χ2n) is 16.6. The van der Waals surface area contributed by atoms with Crippen LogP contribution in [-0.2, 0) is 14.8 Å². The average Bonchev–Trinajstić information content (AvgIpc) is 2.95. The largest absolute Gasteiger partial charge is 0.475 e. The van der Waals surface area contributed by atoms with Gasteiger partial charge < -0.3 is 19.7 Å². The number of alkyl carbamates (subject to hydrolysis) is 1. The summed E-state index contributed by atoms with van der Waals surface area (Å²) in [5.74, 6) is -0.135. The minimum absolute atomic E-state index is 0.0237. The third-order valence-corrected chi connectivity index (χ3v) is 11.1. The summed E-state index contributed by atoms with van der Waals surface area (Å²) in [6.45, 7) is 16.1. The van der Waals surface area contributed by atoms with Crippen molar-refractivity contribution in [2.75, 3.05) is 11.3 Å². The van der Waals surface area contributed by atoms with Gasteiger partial charge in [0.1, 0.15) is 12.2 Å². The summed E-state index contributed by atoms with van der Waals surface area (Å²) in [4.78, 5) is 37.9. The number of fused-ring (bicyclic) bond motifs is 4. The van der Waals surface area contributed by atoms with Gasteiger partial charge in [-0.05, 0) is 107 Å². The summed E-state index contributed by atoms with van der Waals surface area (Å²) in [7, 11) is -4.16. The van der Waals surface area contributed by atoms with Crippen molar-refractivity contribution in [2.45, 2.75) is 116 Å². The summed E-state index contributed by atoms with van der Waals surface area (Å²) in [5.41, 5.74) is 2.95. The highest BCUT2D eigenvalue weighted by molar-refractivity contribution is 7.92. The van der Waals surface area contributed by atoms with Crippen LogP contribution in [0.2, 0.25) is 0 Å². The molecule has 2 aromatic carbocycles. The van der Waals surface area contributed by atoms with Crippen LogP contribution in [0.15, 0.2) is 53.4 Å². The molecule has 1 aromatic heterocycles. The van der Waals surface area contributed by atoms with Crippen LogP contribution in [-0.4, -0.2) is 65.6 Å². The van der Waals surface area contributed by atoms with Crippen LogP contribution in [0.4, 0.5) is 10.7 Å². The number of sulfonamides is 1. The van der Waals surface area contributed by atoms with Crippen LogP contribution in [0.25, 0.3) is 11.3 Å². The van der Waals surface area contributed by atoms with Crippen LogP contribution < -0.4 is 14.8 Å². The zero-order valence-corrected chi connectivity index (χ0v) is 31.1. The smallest absolute Gasteiger partial charge is 0.407 e. The number of hydrogen-bond acceptors (Lipinski definition) is 8. The first-order valence-electron chi connectivity index (χ1n) is 17.3. The molecular weight excluding hydrogens is 655 g/mol. The van der Waals surface area contributed by atoms with E-state index in [1.165, 1.54) is 12.1 Å². The molecule has 6 rings (SSSR count). The van der Waals surface area contributed by atoms with Crippen LogP contribution in [0.5, 0.6) is 5.88 Å². The molecule has 0 unspecified atom stereocenters. The Morgan fingerprint density at radius 2 is 1.66 bits per heavy atom. The average molecular weight is 704 g/mol. The molecule has 1 aliphatic heterocycles. The number of amides is 2. The monoisotopic (exact) mass is 703 g/mol. The Hall–Kier alpha value is -4.19. The molecule has 0 radical (unpaired) electrons. The van der Waals surface area contributed by atoms with Gasteiger partial charge >= 0.3 is 6.09 Å². The summed E-state index contributed by atoms with van der Waals surface area (Å²) >= 11 is 0. The van der Waals surface area contributed by atoms with E-state index in [1.54, 1.807) is 18.2 Å². The number of nitrogens with one attached hydrogen (secondary N) is 2. The fraction of sp³-hybridized carbons (Fsp3) is 0.526. The summed E-state index contributed by atoms with van der Waals surface area (Å²) in [5, 5.41) is 2.99. The Bertz CT molecular complexity index is 1880. The molecule has 11 nitrogen and oxygen atoms in total. The molecule has 2 saturated carbocycles. The summed E-state index contributed by atoms with van der Waals surface area (Å²) < 4.78 is 41.9. The lowest BCUT2D eigenvalue weighted by Gasteiger charge is -2.60. The molecule has 1 spiro atoms. The fourth-order valence-electron chi connectivity index (χ4n) is 7.80. The third-order valence-electron chi connectivity index (χ3n) is 9.77. The van der Waals surface area contributed by atoms with Gasteiger partial charge in [-0.3, -0.25) is 4.79 Å². The van der Waals surface area contributed by atoms with E-state index in [0.29, 0.717) is 12.1 Å². The van der Waals surface area contributed by atoms with Crippen molar-refractivity contribution in [3.05, 3.63) is 65.2 Å². The van der Waals surface area contributed by atoms with E-state index in [1.807, 2.05) is 57.7 Å². The van der Waals surface area contributed by atoms with Crippen LogP contribution >= 0.6 is 0 Å². The Balaban J connectivity index is 1.34. The Morgan fingerprint density at radius 3 is 2.30 bits per heavy atom. The molecule has 2 heterocycles. The van der Waals surface area contributed by atoms with E-state index in [4.69, 9.17) is 9.47 Å². The highest BCUT2D eigenvalue weighted by Crippen LogP contribution is 2.58. The number of aromatic nitrogens is 2. The summed E-state index contributed by atoms with van der Waals surface area (Å²) in [6.07, 6.45) is 3.41. The molecule has 3 aromatic rings. The van der Waals surface area contributed by atoms with E-state index in [9.17, 15) is 18.0 Å². The number of carbonyl (C=O) groups excluding carboxylic acids is 2. The summed E-state index contributed by atoms with van der Waals surface area (Å²) in [6, 6.07) is 13.4. The molecule has 3 aliphatic rings. The van der Waals surface area contributed by atoms with Gasteiger partial charge in [-0.25, -0.2) is 22.9 Å². The van der Waals surface area contributed by atoms with Gasteiger partial charge in [0, 0.05) is 29.3 Å². The molecule has 2 aliphatic carbocycles. The number of nitrogens with zero attached hydrogens (tertiary/aromatic N) is 3. The second kappa shape index (κ2) is 12.9. The minimum Gasteiger partial charge on any atom is -0.475 e. The fourth-order valence-corrected chi connectivity index (χ4v) is 8.79. The predicted octanol–water partition coefficient (Wildman–Crippen LogP) is 7.04. The number of anilines is 1. The number of rotatable bonds is 4. The molecule has 4 bridgehead atoms. The van der Waals surface area contributed by atoms with Crippen LogP contribution in [0.1, 0.15) is 95.1 Å². The quantitative estimate of drug-likeness (QED) is 0.295. The van der Waals surface area contributed by atoms with Crippen LogP contribution in [0, 0.1) is 24.7 Å². The maximum absolute atomic E-state index is 14.6. The minimum atomic E-state index is -4.16. The second-order valence-corrected chi connectivity index (χ2v) is 18.3. The van der Waals surface area contributed by atoms with Crippen molar-refractivity contribution in [1.82, 2.24) is 20.2 Å². The normalized spacial score (nSPS) is 24.7. The van der Waals surface area contributed by atoms with E-state index in [0.717, 1.165) is 42.4 Å². The highest BCUT2D eigenvalue weighted by atomic mass is 32.2. The lowest BCUT2D eigenvalue weighted by molar-refractivity contribution is -0.0801. The third kappa shape index (κ3) is 7.75. The van der Waals surface area contributed by atoms with Gasteiger partial charge in [0.25, 0.3) is 15.9 Å². The highest BCUT2D eigenvalue weighted by Gasteiger charge is 2.56. The molecule has 50 heavy (non-hydrogen) atoms. The number of aryl methyl sites for hydroxylation is 2. The Morgan fingerprint density at radius 1 is 1.00 bits per heavy atom. The first-order chi connectivity index (χ1) is 23.3. The van der Waals surface area contributed by atoms with Crippen molar-refractivity contribution in [3.63, 3.8) is 0 Å². The first-order valence-corrected chi connectivity index (χ1v) is 18.8. The zero-order valence-electron chi connectivity index (χ0n) is 30.3. The molecule has 2 N–H and O–H groups in total. The van der Waals surface area contributed by atoms with Gasteiger partial charge in [-0.15, -0.1) is 0 Å². The van der Waals surface area contributed by atoms with Gasteiger partial charge in [0.2, 0.25) is 11.8 Å². The van der Waals surface area contributed by atoms with Gasteiger partial charge in [-0.1, -0.05) is 45.0 Å². The SMILES string of the molecule is Cc1cccc(C)c1-c1cc2nc(n1)NS(=O)(=O)c1cccc(c1)C(=O)N(C1CC3(CC(NC(=O)OC(C)(C)C)C3)C1)[C@H](CC(C)(C)C)CO2. The molecule has 2 amide bonds.